The molecule has 0 heterocycles. The van der Waals surface area contributed by atoms with Crippen molar-refractivity contribution in [2.24, 2.45) is 0 Å². The summed E-state index contributed by atoms with van der Waals surface area (Å²) in [5.41, 5.74) is 0.571. The Labute approximate surface area is 169 Å². The van der Waals surface area contributed by atoms with Crippen LogP contribution >= 0.6 is 0 Å². The second-order valence-corrected chi connectivity index (χ2v) is 7.77. The molecule has 2 aromatic rings. The number of amides is 1. The normalized spacial score (nSPS) is 11.9. The minimum absolute atomic E-state index is 0.0162. The van der Waals surface area contributed by atoms with Gasteiger partial charge in [-0.3, -0.25) is 9.59 Å². The maximum absolute atomic E-state index is 12.5. The molecule has 1 amide bonds. The molecule has 0 saturated carbocycles. The van der Waals surface area contributed by atoms with Crippen LogP contribution in [-0.2, 0) is 24.3 Å². The summed E-state index contributed by atoms with van der Waals surface area (Å²) in [6.07, 6.45) is 0.113. The molecule has 1 N–H and O–H groups in total. The Kier molecular flexibility index (Phi) is 7.88. The van der Waals surface area contributed by atoms with Crippen LogP contribution in [0.25, 0.3) is 0 Å². The molecule has 0 aliphatic heterocycles. The second-order valence-electron chi connectivity index (χ2n) is 6.05. The zero-order chi connectivity index (χ0) is 21.3. The van der Waals surface area contributed by atoms with Crippen molar-refractivity contribution in [3.8, 4) is 6.07 Å². The molecule has 8 nitrogen and oxygen atoms in total. The summed E-state index contributed by atoms with van der Waals surface area (Å²) in [5, 5.41) is 8.80. The van der Waals surface area contributed by atoms with Crippen molar-refractivity contribution in [2.45, 2.75) is 24.3 Å². The van der Waals surface area contributed by atoms with Crippen LogP contribution < -0.4 is 9.62 Å². The van der Waals surface area contributed by atoms with E-state index < -0.39 is 34.5 Å². The summed E-state index contributed by atoms with van der Waals surface area (Å²) in [6, 6.07) is 17.1. The van der Waals surface area contributed by atoms with Gasteiger partial charge >= 0.3 is 5.97 Å². The largest absolute Gasteiger partial charge is 0.454 e. The number of anilines is 1. The van der Waals surface area contributed by atoms with Gasteiger partial charge in [-0.05, 0) is 31.2 Å². The van der Waals surface area contributed by atoms with Gasteiger partial charge in [0.25, 0.3) is 5.91 Å². The maximum Gasteiger partial charge on any atom is 0.324 e. The van der Waals surface area contributed by atoms with E-state index in [2.05, 4.69) is 4.72 Å². The average Bonchev–Trinajstić information content (AvgIpc) is 2.73. The molecular formula is C20H21N3O5S. The van der Waals surface area contributed by atoms with Gasteiger partial charge in [-0.1, -0.05) is 36.4 Å². The van der Waals surface area contributed by atoms with Gasteiger partial charge < -0.3 is 9.64 Å². The third-order valence-electron chi connectivity index (χ3n) is 3.89. The average molecular weight is 415 g/mol. The number of carbonyl (C=O) groups excluding carboxylic acids is 2. The standard InChI is InChI=1S/C20H21N3O5S/c1-16(22-29(26,27)18-11-6-3-7-12-18)20(25)28-15-19(24)23(14-8-13-21)17-9-4-2-5-10-17/h2-7,9-12,16,22H,8,14-15H2,1H3/t16-/m0/s1. The number of esters is 1. The van der Waals surface area contributed by atoms with E-state index in [-0.39, 0.29) is 17.9 Å². The SMILES string of the molecule is C[C@H](NS(=O)(=O)c1ccccc1)C(=O)OCC(=O)N(CCC#N)c1ccccc1. The van der Waals surface area contributed by atoms with Gasteiger partial charge in [0.2, 0.25) is 10.0 Å². The third kappa shape index (κ3) is 6.41. The Hall–Kier alpha value is -3.22. The number of benzene rings is 2. The summed E-state index contributed by atoms with van der Waals surface area (Å²) >= 11 is 0. The lowest BCUT2D eigenvalue weighted by molar-refractivity contribution is -0.149. The van der Waals surface area contributed by atoms with E-state index in [0.717, 1.165) is 0 Å². The number of ether oxygens (including phenoxy) is 1. The van der Waals surface area contributed by atoms with Crippen LogP contribution in [0, 0.1) is 11.3 Å². The molecule has 0 aliphatic rings. The van der Waals surface area contributed by atoms with Crippen molar-refractivity contribution in [1.29, 1.82) is 5.26 Å². The Morgan fingerprint density at radius 3 is 2.28 bits per heavy atom. The highest BCUT2D eigenvalue weighted by Crippen LogP contribution is 2.14. The summed E-state index contributed by atoms with van der Waals surface area (Å²) in [4.78, 5) is 26.0. The Morgan fingerprint density at radius 1 is 1.10 bits per heavy atom. The predicted molar refractivity (Wildman–Crippen MR) is 106 cm³/mol. The number of nitriles is 1. The highest BCUT2D eigenvalue weighted by Gasteiger charge is 2.24. The number of rotatable bonds is 9. The van der Waals surface area contributed by atoms with E-state index in [1.807, 2.05) is 6.07 Å². The minimum Gasteiger partial charge on any atom is -0.454 e. The molecule has 0 radical (unpaired) electrons. The van der Waals surface area contributed by atoms with E-state index in [1.54, 1.807) is 48.5 Å². The number of sulfonamides is 1. The van der Waals surface area contributed by atoms with E-state index in [9.17, 15) is 18.0 Å². The van der Waals surface area contributed by atoms with Gasteiger partial charge in [0.1, 0.15) is 6.04 Å². The van der Waals surface area contributed by atoms with Crippen LogP contribution in [0.1, 0.15) is 13.3 Å². The van der Waals surface area contributed by atoms with Crippen LogP contribution in [0.3, 0.4) is 0 Å². The second kappa shape index (κ2) is 10.4. The molecule has 0 bridgehead atoms. The molecule has 0 fully saturated rings. The first kappa shape index (κ1) is 22.1. The molecule has 29 heavy (non-hydrogen) atoms. The number of hydrogen-bond donors (Lipinski definition) is 1. The quantitative estimate of drug-likeness (QED) is 0.625. The minimum atomic E-state index is -3.90. The zero-order valence-corrected chi connectivity index (χ0v) is 16.6. The molecule has 0 spiro atoms. The fourth-order valence-electron chi connectivity index (χ4n) is 2.45. The molecule has 0 saturated heterocycles. The Morgan fingerprint density at radius 2 is 1.69 bits per heavy atom. The molecule has 1 atom stereocenters. The fraction of sp³-hybridized carbons (Fsp3) is 0.250. The summed E-state index contributed by atoms with van der Waals surface area (Å²) in [6.45, 7) is 0.904. The van der Waals surface area contributed by atoms with Gasteiger partial charge in [-0.2, -0.15) is 9.98 Å². The molecule has 152 valence electrons. The van der Waals surface area contributed by atoms with Crippen molar-refractivity contribution in [3.63, 3.8) is 0 Å². The van der Waals surface area contributed by atoms with Crippen LogP contribution in [0.4, 0.5) is 5.69 Å². The van der Waals surface area contributed by atoms with E-state index in [1.165, 1.54) is 24.0 Å². The zero-order valence-electron chi connectivity index (χ0n) is 15.8. The van der Waals surface area contributed by atoms with Crippen LogP contribution in [0.15, 0.2) is 65.6 Å². The van der Waals surface area contributed by atoms with E-state index in [4.69, 9.17) is 10.00 Å². The lowest BCUT2D eigenvalue weighted by Crippen LogP contribution is -2.41. The van der Waals surface area contributed by atoms with Crippen LogP contribution in [0.2, 0.25) is 0 Å². The van der Waals surface area contributed by atoms with Gasteiger partial charge in [0.05, 0.1) is 17.4 Å². The first-order valence-electron chi connectivity index (χ1n) is 8.81. The number of para-hydroxylation sites is 1. The maximum atomic E-state index is 12.5. The Balaban J connectivity index is 1.97. The van der Waals surface area contributed by atoms with Crippen molar-refractivity contribution in [1.82, 2.24) is 4.72 Å². The van der Waals surface area contributed by atoms with Crippen molar-refractivity contribution in [2.75, 3.05) is 18.1 Å². The van der Waals surface area contributed by atoms with Gasteiger partial charge in [0.15, 0.2) is 6.61 Å². The molecule has 0 unspecified atom stereocenters. The number of hydrogen-bond acceptors (Lipinski definition) is 6. The first-order valence-corrected chi connectivity index (χ1v) is 10.3. The smallest absolute Gasteiger partial charge is 0.324 e. The molecule has 9 heteroatoms. The fourth-order valence-corrected chi connectivity index (χ4v) is 3.67. The monoisotopic (exact) mass is 415 g/mol. The third-order valence-corrected chi connectivity index (χ3v) is 5.45. The summed E-state index contributed by atoms with van der Waals surface area (Å²) < 4.78 is 31.8. The van der Waals surface area contributed by atoms with Crippen LogP contribution in [0.5, 0.6) is 0 Å². The topological polar surface area (TPSA) is 117 Å². The van der Waals surface area contributed by atoms with Crippen molar-refractivity contribution < 1.29 is 22.7 Å². The molecular weight excluding hydrogens is 394 g/mol. The van der Waals surface area contributed by atoms with Gasteiger partial charge in [-0.25, -0.2) is 8.42 Å². The number of carbonyl (C=O) groups is 2. The Bertz CT molecular complexity index is 972. The highest BCUT2D eigenvalue weighted by atomic mass is 32.2. The van der Waals surface area contributed by atoms with Crippen LogP contribution in [-0.4, -0.2) is 39.5 Å². The summed E-state index contributed by atoms with van der Waals surface area (Å²) in [5.74, 6) is -1.40. The number of nitrogens with one attached hydrogen (secondary N) is 1. The first-order chi connectivity index (χ1) is 13.8. The van der Waals surface area contributed by atoms with E-state index >= 15 is 0 Å². The molecule has 0 aliphatic carbocycles. The molecule has 0 aromatic heterocycles. The summed E-state index contributed by atoms with van der Waals surface area (Å²) in [7, 11) is -3.90. The number of nitrogens with zero attached hydrogens (tertiary/aromatic N) is 2. The highest BCUT2D eigenvalue weighted by molar-refractivity contribution is 7.89. The van der Waals surface area contributed by atoms with Crippen molar-refractivity contribution >= 4 is 27.6 Å². The molecule has 2 rings (SSSR count). The lowest BCUT2D eigenvalue weighted by atomic mass is 10.2. The van der Waals surface area contributed by atoms with Gasteiger partial charge in [-0.15, -0.1) is 0 Å². The van der Waals surface area contributed by atoms with E-state index in [0.29, 0.717) is 5.69 Å². The lowest BCUT2D eigenvalue weighted by Gasteiger charge is -2.22. The van der Waals surface area contributed by atoms with Crippen molar-refractivity contribution in [3.05, 3.63) is 60.7 Å². The van der Waals surface area contributed by atoms with Gasteiger partial charge in [0, 0.05) is 12.2 Å². The predicted octanol–water partition coefficient (Wildman–Crippen LogP) is 1.84. The molecule has 2 aromatic carbocycles.